The molecule has 1 N–H and O–H groups in total. The summed E-state index contributed by atoms with van der Waals surface area (Å²) in [7, 11) is 0. The molecule has 1 aliphatic carbocycles. The molecular formula is C23H28ClNO5. The van der Waals surface area contributed by atoms with Crippen molar-refractivity contribution in [1.82, 2.24) is 4.90 Å². The number of fused-ring (bicyclic) bond motifs is 1. The highest BCUT2D eigenvalue weighted by Gasteiger charge is 2.52. The van der Waals surface area contributed by atoms with E-state index in [-0.39, 0.29) is 29.3 Å². The van der Waals surface area contributed by atoms with Crippen LogP contribution in [0.1, 0.15) is 41.0 Å². The number of rotatable bonds is 7. The number of ketones is 2. The molecule has 1 heterocycles. The van der Waals surface area contributed by atoms with Gasteiger partial charge < -0.3 is 14.7 Å². The number of esters is 1. The lowest BCUT2D eigenvalue weighted by atomic mass is 9.79. The maximum absolute atomic E-state index is 13.0. The predicted molar refractivity (Wildman–Crippen MR) is 115 cm³/mol. The van der Waals surface area contributed by atoms with E-state index in [4.69, 9.17) is 16.3 Å². The topological polar surface area (TPSA) is 83.9 Å². The van der Waals surface area contributed by atoms with Gasteiger partial charge in [0, 0.05) is 36.5 Å². The zero-order chi connectivity index (χ0) is 22.6. The normalized spacial score (nSPS) is 23.4. The third-order valence-corrected chi connectivity index (χ3v) is 5.52. The maximum Gasteiger partial charge on any atom is 0.304 e. The molecule has 162 valence electrons. The Bertz CT molecular complexity index is 909. The van der Waals surface area contributed by atoms with Crippen molar-refractivity contribution in [1.29, 1.82) is 0 Å². The number of β-amino-alcohol motifs (C(OH)–C–C–N with tert-alkyl or cyclic N) is 1. The molecule has 0 spiro atoms. The minimum Gasteiger partial charge on any atom is -0.443 e. The smallest absolute Gasteiger partial charge is 0.304 e. The molecule has 7 heteroatoms. The summed E-state index contributed by atoms with van der Waals surface area (Å²) in [6.45, 7) is 8.72. The Hall–Kier alpha value is -2.44. The van der Waals surface area contributed by atoms with E-state index in [0.29, 0.717) is 11.6 Å². The second kappa shape index (κ2) is 9.58. The number of hydrogen-bond acceptors (Lipinski definition) is 6. The van der Waals surface area contributed by atoms with Gasteiger partial charge in [-0.25, -0.2) is 0 Å². The molecule has 2 rings (SSSR count). The number of allylic oxidation sites excluding steroid dienone is 6. The number of aliphatic hydroxyl groups is 1. The van der Waals surface area contributed by atoms with Crippen molar-refractivity contribution >= 4 is 29.1 Å². The van der Waals surface area contributed by atoms with Gasteiger partial charge in [0.05, 0.1) is 11.6 Å². The molecular weight excluding hydrogens is 406 g/mol. The number of ether oxygens (including phenoxy) is 1. The lowest BCUT2D eigenvalue weighted by Crippen LogP contribution is -2.52. The third kappa shape index (κ3) is 4.82. The molecule has 0 saturated carbocycles. The highest BCUT2D eigenvalue weighted by Crippen LogP contribution is 2.39. The fraction of sp³-hybridized carbons (Fsp3) is 0.435. The highest BCUT2D eigenvalue weighted by atomic mass is 35.5. The van der Waals surface area contributed by atoms with Gasteiger partial charge in [0.2, 0.25) is 17.2 Å². The molecule has 0 saturated heterocycles. The molecule has 0 aromatic rings. The lowest BCUT2D eigenvalue weighted by Gasteiger charge is -2.35. The van der Waals surface area contributed by atoms with E-state index in [0.717, 1.165) is 18.9 Å². The van der Waals surface area contributed by atoms with Crippen molar-refractivity contribution in [3.8, 4) is 0 Å². The Morgan fingerprint density at radius 3 is 2.57 bits per heavy atom. The van der Waals surface area contributed by atoms with Crippen LogP contribution >= 0.6 is 11.6 Å². The Labute approximate surface area is 182 Å². The molecule has 0 fully saturated rings. The quantitative estimate of drug-likeness (QED) is 0.375. The van der Waals surface area contributed by atoms with Crippen molar-refractivity contribution < 1.29 is 24.2 Å². The molecule has 0 aromatic heterocycles. The number of hydrogen-bond donors (Lipinski definition) is 1. The van der Waals surface area contributed by atoms with E-state index in [1.807, 2.05) is 19.1 Å². The summed E-state index contributed by atoms with van der Waals surface area (Å²) in [4.78, 5) is 39.0. The molecule has 1 aliphatic heterocycles. The Morgan fingerprint density at radius 1 is 1.33 bits per heavy atom. The summed E-state index contributed by atoms with van der Waals surface area (Å²) in [6.07, 6.45) is 10.2. The first-order valence-corrected chi connectivity index (χ1v) is 10.3. The molecule has 30 heavy (non-hydrogen) atoms. The van der Waals surface area contributed by atoms with Crippen LogP contribution in [0.3, 0.4) is 0 Å². The van der Waals surface area contributed by atoms with Crippen molar-refractivity contribution in [2.45, 2.75) is 46.6 Å². The SMILES string of the molecule is CC[C@@H](C)/C=C(C)/C=C/C1=CC2=C(Cl)C(=O)[C@@](C)(OC(C)=O)C(=O)C2=CN1CCO. The van der Waals surface area contributed by atoms with Crippen LogP contribution in [0.4, 0.5) is 0 Å². The standard InChI is InChI=1S/C23H28ClNO5/c1-6-14(2)11-15(3)7-8-17-12-18-19(13-25(17)9-10-26)21(28)23(5,30-16(4)27)22(29)20(18)24/h7-8,11-14,26H,6,9-10H2,1-5H3/b8-7+,15-11+/t14-,23+/m1/s1. The molecule has 2 atom stereocenters. The molecule has 0 aromatic carbocycles. The average Bonchev–Trinajstić information content (AvgIpc) is 2.69. The Kier molecular flexibility index (Phi) is 7.61. The minimum atomic E-state index is -2.00. The van der Waals surface area contributed by atoms with Gasteiger partial charge >= 0.3 is 5.97 Å². The molecule has 2 aliphatic rings. The first-order valence-electron chi connectivity index (χ1n) is 9.92. The summed E-state index contributed by atoms with van der Waals surface area (Å²) in [5.74, 6) is -1.70. The zero-order valence-electron chi connectivity index (χ0n) is 18.0. The van der Waals surface area contributed by atoms with E-state index in [1.165, 1.54) is 13.1 Å². The van der Waals surface area contributed by atoms with Gasteiger partial charge in [-0.3, -0.25) is 14.4 Å². The number of halogens is 1. The molecule has 0 bridgehead atoms. The average molecular weight is 434 g/mol. The van der Waals surface area contributed by atoms with Crippen LogP contribution in [-0.4, -0.2) is 46.3 Å². The molecule has 6 nitrogen and oxygen atoms in total. The van der Waals surface area contributed by atoms with E-state index in [1.54, 1.807) is 11.0 Å². The fourth-order valence-electron chi connectivity index (χ4n) is 3.33. The van der Waals surface area contributed by atoms with Crippen molar-refractivity contribution in [3.05, 3.63) is 58.0 Å². The number of nitrogens with zero attached hydrogens (tertiary/aromatic N) is 1. The highest BCUT2D eigenvalue weighted by molar-refractivity contribution is 6.49. The molecule has 0 amide bonds. The van der Waals surface area contributed by atoms with E-state index in [2.05, 4.69) is 19.9 Å². The van der Waals surface area contributed by atoms with Crippen LogP contribution in [0.5, 0.6) is 0 Å². The van der Waals surface area contributed by atoms with E-state index in [9.17, 15) is 19.5 Å². The van der Waals surface area contributed by atoms with E-state index < -0.39 is 23.1 Å². The third-order valence-electron chi connectivity index (χ3n) is 5.14. The van der Waals surface area contributed by atoms with Crippen molar-refractivity contribution in [2.24, 2.45) is 5.92 Å². The minimum absolute atomic E-state index is 0.141. The summed E-state index contributed by atoms with van der Waals surface area (Å²) in [5, 5.41) is 9.30. The summed E-state index contributed by atoms with van der Waals surface area (Å²) in [6, 6.07) is 0. The Balaban J connectivity index is 2.52. The van der Waals surface area contributed by atoms with Crippen LogP contribution in [-0.2, 0) is 19.1 Å². The van der Waals surface area contributed by atoms with Gasteiger partial charge in [-0.15, -0.1) is 0 Å². The molecule has 0 radical (unpaired) electrons. The number of Topliss-reactive ketones (excluding diaryl/α,β-unsaturated/α-hetero) is 2. The monoisotopic (exact) mass is 433 g/mol. The van der Waals surface area contributed by atoms with Crippen LogP contribution in [0.25, 0.3) is 0 Å². The van der Waals surface area contributed by atoms with Gasteiger partial charge in [0.1, 0.15) is 0 Å². The number of aliphatic hydroxyl groups excluding tert-OH is 1. The summed E-state index contributed by atoms with van der Waals surface area (Å²) >= 11 is 6.31. The predicted octanol–water partition coefficient (Wildman–Crippen LogP) is 3.58. The zero-order valence-corrected chi connectivity index (χ0v) is 18.7. The maximum atomic E-state index is 13.0. The second-order valence-electron chi connectivity index (χ2n) is 7.67. The van der Waals surface area contributed by atoms with Crippen LogP contribution < -0.4 is 0 Å². The summed E-state index contributed by atoms with van der Waals surface area (Å²) < 4.78 is 5.06. The first kappa shape index (κ1) is 23.8. The molecule has 0 unspecified atom stereocenters. The van der Waals surface area contributed by atoms with Gasteiger partial charge in [-0.05, 0) is 31.9 Å². The van der Waals surface area contributed by atoms with Crippen LogP contribution in [0.2, 0.25) is 0 Å². The van der Waals surface area contributed by atoms with Crippen molar-refractivity contribution in [3.63, 3.8) is 0 Å². The number of carbonyl (C=O) groups excluding carboxylic acids is 3. The van der Waals surface area contributed by atoms with Gasteiger partial charge in [0.15, 0.2) is 0 Å². The van der Waals surface area contributed by atoms with Gasteiger partial charge in [0.25, 0.3) is 0 Å². The van der Waals surface area contributed by atoms with Crippen LogP contribution in [0, 0.1) is 5.92 Å². The Morgan fingerprint density at radius 2 is 2.00 bits per heavy atom. The first-order chi connectivity index (χ1) is 14.0. The fourth-order valence-corrected chi connectivity index (χ4v) is 3.66. The van der Waals surface area contributed by atoms with E-state index >= 15 is 0 Å². The lowest BCUT2D eigenvalue weighted by molar-refractivity contribution is -0.167. The van der Waals surface area contributed by atoms with Gasteiger partial charge in [-0.2, -0.15) is 0 Å². The van der Waals surface area contributed by atoms with Crippen LogP contribution in [0.15, 0.2) is 58.0 Å². The van der Waals surface area contributed by atoms with Gasteiger partial charge in [-0.1, -0.05) is 49.6 Å². The second-order valence-corrected chi connectivity index (χ2v) is 8.05. The van der Waals surface area contributed by atoms with Crippen molar-refractivity contribution in [2.75, 3.05) is 13.2 Å². The largest absolute Gasteiger partial charge is 0.443 e. The summed E-state index contributed by atoms with van der Waals surface area (Å²) in [5.41, 5.74) is 0.200. The number of carbonyl (C=O) groups is 3.